The third kappa shape index (κ3) is 1.59. The Morgan fingerprint density at radius 2 is 1.57 bits per heavy atom. The minimum atomic E-state index is 0.591. The van der Waals surface area contributed by atoms with Crippen LogP contribution in [0.4, 0.5) is 0 Å². The summed E-state index contributed by atoms with van der Waals surface area (Å²) >= 11 is 0. The predicted molar refractivity (Wildman–Crippen MR) is 56.3 cm³/mol. The lowest BCUT2D eigenvalue weighted by atomic mass is 9.85. The van der Waals surface area contributed by atoms with Crippen LogP contribution in [0.5, 0.6) is 0 Å². The van der Waals surface area contributed by atoms with Gasteiger partial charge in [-0.2, -0.15) is 0 Å². The average Bonchev–Trinajstić information content (AvgIpc) is 2.18. The van der Waals surface area contributed by atoms with Gasteiger partial charge in [-0.05, 0) is 31.6 Å². The molecule has 14 heavy (non-hydrogen) atoms. The fourth-order valence-electron chi connectivity index (χ4n) is 3.29. The van der Waals surface area contributed by atoms with Crippen molar-refractivity contribution in [1.29, 1.82) is 0 Å². The molecular formula is C12H21NO. The van der Waals surface area contributed by atoms with E-state index in [1.165, 1.54) is 45.2 Å². The van der Waals surface area contributed by atoms with Gasteiger partial charge in [0, 0.05) is 25.6 Å². The Balaban J connectivity index is 1.55. The largest absolute Gasteiger partial charge is 0.372 e. The number of hydrogen-bond acceptors (Lipinski definition) is 2. The van der Waals surface area contributed by atoms with E-state index < -0.39 is 0 Å². The quantitative estimate of drug-likeness (QED) is 0.635. The molecule has 2 atom stereocenters. The molecule has 0 aromatic carbocycles. The fraction of sp³-hybridized carbons (Fsp3) is 1.00. The maximum absolute atomic E-state index is 5.68. The molecule has 0 N–H and O–H groups in total. The molecule has 0 aromatic heterocycles. The molecule has 0 radical (unpaired) electrons. The third-order valence-electron chi connectivity index (χ3n) is 4.29. The van der Waals surface area contributed by atoms with Crippen LogP contribution in [0.2, 0.25) is 0 Å². The van der Waals surface area contributed by atoms with E-state index in [0.717, 1.165) is 12.0 Å². The third-order valence-corrected chi connectivity index (χ3v) is 4.29. The van der Waals surface area contributed by atoms with E-state index in [9.17, 15) is 0 Å². The molecule has 3 aliphatic heterocycles. The predicted octanol–water partition coefficient (Wildman–Crippen LogP) is 2.04. The van der Waals surface area contributed by atoms with Gasteiger partial charge in [-0.25, -0.2) is 0 Å². The first-order valence-corrected chi connectivity index (χ1v) is 6.21. The second-order valence-corrected chi connectivity index (χ2v) is 5.48. The smallest absolute Gasteiger partial charge is 0.0731 e. The van der Waals surface area contributed by atoms with E-state index in [4.69, 9.17) is 4.74 Å². The Morgan fingerprint density at radius 1 is 1.00 bits per heavy atom. The van der Waals surface area contributed by atoms with Crippen molar-refractivity contribution in [1.82, 2.24) is 4.90 Å². The molecule has 2 bridgehead atoms. The first-order valence-electron chi connectivity index (χ1n) is 6.21. The zero-order valence-electron chi connectivity index (χ0n) is 9.11. The van der Waals surface area contributed by atoms with E-state index in [-0.39, 0.29) is 0 Å². The monoisotopic (exact) mass is 195 g/mol. The van der Waals surface area contributed by atoms with Crippen LogP contribution in [0.3, 0.4) is 0 Å². The summed E-state index contributed by atoms with van der Waals surface area (Å²) in [5.41, 5.74) is 0. The highest BCUT2D eigenvalue weighted by Crippen LogP contribution is 2.34. The van der Waals surface area contributed by atoms with Crippen molar-refractivity contribution in [3.8, 4) is 0 Å². The van der Waals surface area contributed by atoms with Gasteiger partial charge in [0.1, 0.15) is 0 Å². The van der Waals surface area contributed by atoms with Crippen LogP contribution in [0.15, 0.2) is 0 Å². The van der Waals surface area contributed by atoms with E-state index >= 15 is 0 Å². The molecule has 3 saturated heterocycles. The van der Waals surface area contributed by atoms with Gasteiger partial charge in [0.2, 0.25) is 0 Å². The number of nitrogens with zero attached hydrogens (tertiary/aromatic N) is 1. The highest BCUT2D eigenvalue weighted by Gasteiger charge is 2.40. The number of hydrogen-bond donors (Lipinski definition) is 0. The minimum absolute atomic E-state index is 0.591. The van der Waals surface area contributed by atoms with Gasteiger partial charge in [-0.1, -0.05) is 6.92 Å². The number of rotatable bonds is 1. The fourth-order valence-corrected chi connectivity index (χ4v) is 3.29. The normalized spacial score (nSPS) is 48.6. The molecule has 0 amide bonds. The van der Waals surface area contributed by atoms with Gasteiger partial charge >= 0.3 is 0 Å². The molecule has 4 aliphatic rings. The SMILES string of the molecule is C[C@H]1CC[C@H](N2CC3CC(C2)O3)CC1. The second kappa shape index (κ2) is 3.49. The Morgan fingerprint density at radius 3 is 2.14 bits per heavy atom. The van der Waals surface area contributed by atoms with Gasteiger partial charge in [0.15, 0.2) is 0 Å². The first kappa shape index (κ1) is 9.17. The topological polar surface area (TPSA) is 12.5 Å². The molecule has 4 fully saturated rings. The molecule has 1 aliphatic carbocycles. The van der Waals surface area contributed by atoms with Crippen LogP contribution in [-0.2, 0) is 4.74 Å². The summed E-state index contributed by atoms with van der Waals surface area (Å²) in [5, 5.41) is 0. The van der Waals surface area contributed by atoms with Crippen LogP contribution in [0, 0.1) is 5.92 Å². The van der Waals surface area contributed by atoms with E-state index in [2.05, 4.69) is 11.8 Å². The lowest BCUT2D eigenvalue weighted by Gasteiger charge is -2.50. The summed E-state index contributed by atoms with van der Waals surface area (Å²) in [6.45, 7) is 4.83. The van der Waals surface area contributed by atoms with Crippen LogP contribution in [0.1, 0.15) is 39.0 Å². The first-order chi connectivity index (χ1) is 6.81. The Kier molecular flexibility index (Phi) is 2.29. The Labute approximate surface area is 86.6 Å². The second-order valence-electron chi connectivity index (χ2n) is 5.48. The van der Waals surface area contributed by atoms with E-state index in [0.29, 0.717) is 12.2 Å². The summed E-state index contributed by atoms with van der Waals surface area (Å²) < 4.78 is 5.68. The highest BCUT2D eigenvalue weighted by atomic mass is 16.5. The summed E-state index contributed by atoms with van der Waals surface area (Å²) in [6, 6.07) is 0.889. The van der Waals surface area contributed by atoms with Crippen molar-refractivity contribution >= 4 is 0 Å². The number of piperidine rings is 1. The van der Waals surface area contributed by atoms with Crippen molar-refractivity contribution in [3.05, 3.63) is 0 Å². The Bertz CT molecular complexity index is 194. The van der Waals surface area contributed by atoms with Gasteiger partial charge < -0.3 is 4.74 Å². The van der Waals surface area contributed by atoms with Crippen molar-refractivity contribution in [2.24, 2.45) is 5.92 Å². The van der Waals surface area contributed by atoms with Gasteiger partial charge in [0.05, 0.1) is 12.2 Å². The molecule has 0 aromatic rings. The van der Waals surface area contributed by atoms with Crippen LogP contribution in [-0.4, -0.2) is 36.2 Å². The van der Waals surface area contributed by atoms with E-state index in [1.54, 1.807) is 0 Å². The summed E-state index contributed by atoms with van der Waals surface area (Å²) in [5.74, 6) is 0.974. The maximum atomic E-state index is 5.68. The van der Waals surface area contributed by atoms with Gasteiger partial charge in [-0.15, -0.1) is 0 Å². The van der Waals surface area contributed by atoms with E-state index in [1.807, 2.05) is 0 Å². The molecule has 80 valence electrons. The zero-order valence-corrected chi connectivity index (χ0v) is 9.11. The molecule has 3 heterocycles. The van der Waals surface area contributed by atoms with Gasteiger partial charge in [0.25, 0.3) is 0 Å². The lowest BCUT2D eigenvalue weighted by Crippen LogP contribution is -2.60. The molecule has 2 unspecified atom stereocenters. The van der Waals surface area contributed by atoms with Crippen LogP contribution < -0.4 is 0 Å². The lowest BCUT2D eigenvalue weighted by molar-refractivity contribution is -0.190. The number of ether oxygens (including phenoxy) is 1. The molecule has 2 nitrogen and oxygen atoms in total. The van der Waals surface area contributed by atoms with Gasteiger partial charge in [-0.3, -0.25) is 4.90 Å². The standard InChI is InChI=1S/C12H21NO/c1-9-2-4-10(5-3-9)13-7-11-6-12(8-13)14-11/h9-12H,2-8H2,1H3/t9-,10-,11?,12?. The van der Waals surface area contributed by atoms with Crippen LogP contribution in [0.25, 0.3) is 0 Å². The summed E-state index contributed by atoms with van der Waals surface area (Å²) in [6.07, 6.45) is 8.26. The molecular weight excluding hydrogens is 174 g/mol. The van der Waals surface area contributed by atoms with Crippen molar-refractivity contribution in [2.75, 3.05) is 13.1 Å². The maximum Gasteiger partial charge on any atom is 0.0731 e. The molecule has 1 saturated carbocycles. The number of fused-ring (bicyclic) bond motifs is 2. The van der Waals surface area contributed by atoms with Crippen molar-refractivity contribution in [2.45, 2.75) is 57.3 Å². The molecule has 2 heteroatoms. The molecule has 4 rings (SSSR count). The average molecular weight is 195 g/mol. The highest BCUT2D eigenvalue weighted by molar-refractivity contribution is 4.92. The van der Waals surface area contributed by atoms with Crippen LogP contribution >= 0.6 is 0 Å². The number of morpholine rings is 1. The zero-order chi connectivity index (χ0) is 9.54. The minimum Gasteiger partial charge on any atom is -0.372 e. The Hall–Kier alpha value is -0.0800. The van der Waals surface area contributed by atoms with Crippen molar-refractivity contribution in [3.63, 3.8) is 0 Å². The summed E-state index contributed by atoms with van der Waals surface area (Å²) in [4.78, 5) is 2.70. The van der Waals surface area contributed by atoms with Crippen molar-refractivity contribution < 1.29 is 4.74 Å². The summed E-state index contributed by atoms with van der Waals surface area (Å²) in [7, 11) is 0. The molecule has 0 spiro atoms.